The lowest BCUT2D eigenvalue weighted by Crippen LogP contribution is -2.26. The minimum absolute atomic E-state index is 0.371. The van der Waals surface area contributed by atoms with E-state index >= 15 is 0 Å². The van der Waals surface area contributed by atoms with Gasteiger partial charge in [-0.25, -0.2) is 0 Å². The van der Waals surface area contributed by atoms with Gasteiger partial charge in [0.2, 0.25) is 0 Å². The summed E-state index contributed by atoms with van der Waals surface area (Å²) in [5, 5.41) is 6.64. The number of hydrogen-bond acceptors (Lipinski definition) is 3. The van der Waals surface area contributed by atoms with E-state index in [0.717, 1.165) is 0 Å². The molecule has 0 aliphatic carbocycles. The maximum atomic E-state index is 12.4. The first kappa shape index (κ1) is 13.8. The van der Waals surface area contributed by atoms with E-state index in [1.165, 1.54) is 25.0 Å². The van der Waals surface area contributed by atoms with Crippen LogP contribution in [-0.2, 0) is 6.54 Å². The lowest BCUT2D eigenvalue weighted by atomic mass is 10.1. The number of hydrogen-bond donors (Lipinski definition) is 1. The summed E-state index contributed by atoms with van der Waals surface area (Å²) in [6, 6.07) is -0.854. The molecule has 0 amide bonds. The Balaban J connectivity index is 3.05. The Labute approximate surface area is 97.8 Å². The molecule has 98 valence electrons. The average Bonchev–Trinajstić information content (AvgIpc) is 2.67. The molecule has 1 aromatic rings. The predicted octanol–water partition coefficient (Wildman–Crippen LogP) is 2.12. The van der Waals surface area contributed by atoms with E-state index in [9.17, 15) is 13.2 Å². The fourth-order valence-electron chi connectivity index (χ4n) is 1.71. The summed E-state index contributed by atoms with van der Waals surface area (Å²) < 4.78 is 43.9. The van der Waals surface area contributed by atoms with Crippen molar-refractivity contribution in [2.75, 3.05) is 14.2 Å². The summed E-state index contributed by atoms with van der Waals surface area (Å²) in [6.45, 7) is 2.31. The van der Waals surface area contributed by atoms with Crippen LogP contribution >= 0.6 is 0 Å². The molecule has 1 rings (SSSR count). The number of aromatic nitrogens is 2. The summed E-state index contributed by atoms with van der Waals surface area (Å²) in [5.74, 6) is 0.371. The molecule has 0 fully saturated rings. The van der Waals surface area contributed by atoms with Crippen LogP contribution in [-0.4, -0.2) is 30.1 Å². The Hall–Kier alpha value is -1.24. The van der Waals surface area contributed by atoms with E-state index in [4.69, 9.17) is 4.74 Å². The number of aryl methyl sites for hydroxylation is 1. The van der Waals surface area contributed by atoms with Crippen molar-refractivity contribution in [3.63, 3.8) is 0 Å². The van der Waals surface area contributed by atoms with E-state index in [1.54, 1.807) is 0 Å². The highest BCUT2D eigenvalue weighted by Gasteiger charge is 2.34. The molecule has 0 aliphatic rings. The molecule has 7 heteroatoms. The summed E-state index contributed by atoms with van der Waals surface area (Å²) in [5.41, 5.74) is 0.426. The van der Waals surface area contributed by atoms with Gasteiger partial charge in [-0.05, 0) is 14.0 Å². The molecule has 1 heterocycles. The van der Waals surface area contributed by atoms with Crippen LogP contribution in [0.4, 0.5) is 13.2 Å². The van der Waals surface area contributed by atoms with Crippen LogP contribution in [0.25, 0.3) is 0 Å². The molecule has 0 bridgehead atoms. The zero-order valence-electron chi connectivity index (χ0n) is 10.0. The monoisotopic (exact) mass is 251 g/mol. The molecule has 1 aromatic heterocycles. The zero-order chi connectivity index (χ0) is 13.1. The van der Waals surface area contributed by atoms with Gasteiger partial charge in [-0.3, -0.25) is 4.68 Å². The fraction of sp³-hybridized carbons (Fsp3) is 0.700. The van der Waals surface area contributed by atoms with Crippen molar-refractivity contribution in [1.29, 1.82) is 0 Å². The van der Waals surface area contributed by atoms with Crippen LogP contribution in [0.3, 0.4) is 0 Å². The first-order chi connectivity index (χ1) is 7.92. The molecule has 0 aliphatic heterocycles. The predicted molar refractivity (Wildman–Crippen MR) is 56.9 cm³/mol. The zero-order valence-corrected chi connectivity index (χ0v) is 10.0. The first-order valence-electron chi connectivity index (χ1n) is 5.26. The maximum absolute atomic E-state index is 12.4. The van der Waals surface area contributed by atoms with Crippen LogP contribution in [0.15, 0.2) is 6.20 Å². The molecule has 17 heavy (non-hydrogen) atoms. The summed E-state index contributed by atoms with van der Waals surface area (Å²) >= 11 is 0. The van der Waals surface area contributed by atoms with E-state index in [-0.39, 0.29) is 0 Å². The Morgan fingerprint density at radius 1 is 1.53 bits per heavy atom. The summed E-state index contributed by atoms with van der Waals surface area (Å²) in [4.78, 5) is 0. The standard InChI is InChI=1S/C10H16F3N3O/c1-4-16-9(8(17-3)6-15-16)7(14-2)5-10(11,12)13/h6-7,14H,4-5H2,1-3H3. The third-order valence-corrected chi connectivity index (χ3v) is 2.48. The third kappa shape index (κ3) is 3.36. The molecular weight excluding hydrogens is 235 g/mol. The normalized spacial score (nSPS) is 13.8. The highest BCUT2D eigenvalue weighted by atomic mass is 19.4. The molecule has 4 nitrogen and oxygen atoms in total. The average molecular weight is 251 g/mol. The third-order valence-electron chi connectivity index (χ3n) is 2.48. The molecule has 0 radical (unpaired) electrons. The number of methoxy groups -OCH3 is 1. The van der Waals surface area contributed by atoms with Crippen LogP contribution in [0.2, 0.25) is 0 Å². The number of nitrogens with one attached hydrogen (secondary N) is 1. The molecular formula is C10H16F3N3O. The molecule has 0 saturated heterocycles. The van der Waals surface area contributed by atoms with Crippen LogP contribution < -0.4 is 10.1 Å². The van der Waals surface area contributed by atoms with Crippen molar-refractivity contribution >= 4 is 0 Å². The summed E-state index contributed by atoms with van der Waals surface area (Å²) in [6.07, 6.45) is -3.76. The Bertz CT molecular complexity index is 341. The largest absolute Gasteiger partial charge is 0.493 e. The van der Waals surface area contributed by atoms with Gasteiger partial charge in [-0.2, -0.15) is 18.3 Å². The van der Waals surface area contributed by atoms with Gasteiger partial charge >= 0.3 is 6.18 Å². The Kier molecular flexibility index (Phi) is 4.39. The second-order valence-electron chi connectivity index (χ2n) is 3.57. The second kappa shape index (κ2) is 5.39. The minimum atomic E-state index is -4.23. The van der Waals surface area contributed by atoms with E-state index in [0.29, 0.717) is 18.0 Å². The van der Waals surface area contributed by atoms with Crippen molar-refractivity contribution in [3.05, 3.63) is 11.9 Å². The second-order valence-corrected chi connectivity index (χ2v) is 3.57. The number of ether oxygens (including phenoxy) is 1. The number of nitrogens with zero attached hydrogens (tertiary/aromatic N) is 2. The molecule has 1 N–H and O–H groups in total. The van der Waals surface area contributed by atoms with Crippen molar-refractivity contribution in [1.82, 2.24) is 15.1 Å². The highest BCUT2D eigenvalue weighted by molar-refractivity contribution is 5.28. The van der Waals surface area contributed by atoms with Gasteiger partial charge in [0.1, 0.15) is 0 Å². The van der Waals surface area contributed by atoms with Crippen molar-refractivity contribution in [2.45, 2.75) is 32.1 Å². The molecule has 0 saturated carbocycles. The van der Waals surface area contributed by atoms with E-state index in [1.807, 2.05) is 6.92 Å². The molecule has 0 spiro atoms. The quantitative estimate of drug-likeness (QED) is 0.871. The van der Waals surface area contributed by atoms with Crippen molar-refractivity contribution < 1.29 is 17.9 Å². The molecule has 1 unspecified atom stereocenters. The molecule has 0 aromatic carbocycles. The van der Waals surface area contributed by atoms with Gasteiger partial charge in [0.15, 0.2) is 5.75 Å². The van der Waals surface area contributed by atoms with Gasteiger partial charge in [0, 0.05) is 6.54 Å². The van der Waals surface area contributed by atoms with Crippen molar-refractivity contribution in [2.24, 2.45) is 0 Å². The number of halogens is 3. The van der Waals surface area contributed by atoms with Crippen LogP contribution in [0.5, 0.6) is 5.75 Å². The van der Waals surface area contributed by atoms with E-state index in [2.05, 4.69) is 10.4 Å². The van der Waals surface area contributed by atoms with Crippen LogP contribution in [0, 0.1) is 0 Å². The van der Waals surface area contributed by atoms with Gasteiger partial charge in [-0.15, -0.1) is 0 Å². The number of rotatable bonds is 5. The minimum Gasteiger partial charge on any atom is -0.493 e. The van der Waals surface area contributed by atoms with Gasteiger partial charge in [0.05, 0.1) is 31.5 Å². The topological polar surface area (TPSA) is 39.1 Å². The molecule has 1 atom stereocenters. The van der Waals surface area contributed by atoms with Crippen molar-refractivity contribution in [3.8, 4) is 5.75 Å². The van der Waals surface area contributed by atoms with Gasteiger partial charge in [0.25, 0.3) is 0 Å². The first-order valence-corrected chi connectivity index (χ1v) is 5.26. The maximum Gasteiger partial charge on any atom is 0.390 e. The number of alkyl halides is 3. The Morgan fingerprint density at radius 3 is 2.59 bits per heavy atom. The highest BCUT2D eigenvalue weighted by Crippen LogP contribution is 2.33. The Morgan fingerprint density at radius 2 is 2.18 bits per heavy atom. The summed E-state index contributed by atoms with van der Waals surface area (Å²) in [7, 11) is 2.91. The van der Waals surface area contributed by atoms with Gasteiger partial charge < -0.3 is 10.1 Å². The smallest absolute Gasteiger partial charge is 0.390 e. The van der Waals surface area contributed by atoms with Gasteiger partial charge in [-0.1, -0.05) is 0 Å². The lowest BCUT2D eigenvalue weighted by molar-refractivity contribution is -0.140. The SMILES string of the molecule is CCn1ncc(OC)c1C(CC(F)(F)F)NC. The lowest BCUT2D eigenvalue weighted by Gasteiger charge is -2.20. The van der Waals surface area contributed by atoms with Crippen LogP contribution in [0.1, 0.15) is 25.1 Å². The van der Waals surface area contributed by atoms with E-state index < -0.39 is 18.6 Å². The fourth-order valence-corrected chi connectivity index (χ4v) is 1.71.